The quantitative estimate of drug-likeness (QED) is 0.186. The zero-order chi connectivity index (χ0) is 25.1. The van der Waals surface area contributed by atoms with Gasteiger partial charge >= 0.3 is 5.97 Å². The number of nitrogens with zero attached hydrogens (tertiary/aromatic N) is 1. The Bertz CT molecular complexity index is 1590. The molecule has 0 unspecified atom stereocenters. The second-order valence-corrected chi connectivity index (χ2v) is 9.74. The molecule has 0 radical (unpaired) electrons. The summed E-state index contributed by atoms with van der Waals surface area (Å²) in [6.07, 6.45) is 1.72. The van der Waals surface area contributed by atoms with E-state index in [4.69, 9.17) is 9.72 Å². The van der Waals surface area contributed by atoms with Crippen LogP contribution in [0, 0.1) is 6.92 Å². The summed E-state index contributed by atoms with van der Waals surface area (Å²) in [5.41, 5.74) is 4.41. The summed E-state index contributed by atoms with van der Waals surface area (Å²) in [5.74, 6) is -0.715. The highest BCUT2D eigenvalue weighted by molar-refractivity contribution is 7.23. The van der Waals surface area contributed by atoms with Crippen molar-refractivity contribution in [2.24, 2.45) is 0 Å². The Balaban J connectivity index is 1.57. The molecule has 1 N–H and O–H groups in total. The van der Waals surface area contributed by atoms with Crippen LogP contribution in [-0.4, -0.2) is 23.5 Å². The Morgan fingerprint density at radius 1 is 0.944 bits per heavy atom. The molecule has 0 aliphatic heterocycles. The predicted molar refractivity (Wildman–Crippen MR) is 147 cm³/mol. The summed E-state index contributed by atoms with van der Waals surface area (Å²) < 4.78 is 6.44. The van der Waals surface area contributed by atoms with Crippen LogP contribution in [0.3, 0.4) is 0 Å². The lowest BCUT2D eigenvalue weighted by Crippen LogP contribution is -2.15. The van der Waals surface area contributed by atoms with Crippen molar-refractivity contribution in [1.29, 1.82) is 0 Å². The van der Waals surface area contributed by atoms with Crippen molar-refractivity contribution in [3.05, 3.63) is 95.6 Å². The molecule has 3 aromatic carbocycles. The maximum Gasteiger partial charge on any atom is 0.341 e. The minimum atomic E-state index is -0.420. The van der Waals surface area contributed by atoms with Gasteiger partial charge in [-0.3, -0.25) is 4.79 Å². The van der Waals surface area contributed by atoms with Gasteiger partial charge in [0.05, 0.1) is 23.4 Å². The standard InChI is InChI=1S/C30H26N2O3S/c1-3-4-16-35-30(34)27-22-13-6-8-15-26(22)36-29(27)32-28(33)23-18-25(20-11-9-10-19(2)17-20)31-24-14-7-5-12-21(23)24/h5-15,17-18H,3-4,16H2,1-2H3,(H,32,33). The van der Waals surface area contributed by atoms with E-state index >= 15 is 0 Å². The number of aryl methyl sites for hydroxylation is 1. The van der Waals surface area contributed by atoms with E-state index in [1.54, 1.807) is 0 Å². The summed E-state index contributed by atoms with van der Waals surface area (Å²) in [4.78, 5) is 31.6. The van der Waals surface area contributed by atoms with Gasteiger partial charge in [-0.1, -0.05) is 73.5 Å². The van der Waals surface area contributed by atoms with Crippen molar-refractivity contribution < 1.29 is 14.3 Å². The van der Waals surface area contributed by atoms with Gasteiger partial charge in [-0.25, -0.2) is 9.78 Å². The van der Waals surface area contributed by atoms with Crippen LogP contribution in [0.1, 0.15) is 46.0 Å². The number of benzene rings is 3. The summed E-state index contributed by atoms with van der Waals surface area (Å²) in [5, 5.41) is 5.03. The lowest BCUT2D eigenvalue weighted by atomic mass is 10.0. The Morgan fingerprint density at radius 3 is 2.53 bits per heavy atom. The van der Waals surface area contributed by atoms with Gasteiger partial charge in [0.2, 0.25) is 0 Å². The topological polar surface area (TPSA) is 68.3 Å². The van der Waals surface area contributed by atoms with Crippen LogP contribution in [0.5, 0.6) is 0 Å². The van der Waals surface area contributed by atoms with Crippen molar-refractivity contribution >= 4 is 49.2 Å². The number of unbranched alkanes of at least 4 members (excludes halogenated alkanes) is 1. The number of carbonyl (C=O) groups is 2. The Hall–Kier alpha value is -4.03. The average Bonchev–Trinajstić information content (AvgIpc) is 3.26. The van der Waals surface area contributed by atoms with Crippen LogP contribution in [0.15, 0.2) is 78.9 Å². The minimum Gasteiger partial charge on any atom is -0.462 e. The molecule has 0 saturated carbocycles. The normalized spacial score (nSPS) is 11.1. The summed E-state index contributed by atoms with van der Waals surface area (Å²) >= 11 is 1.37. The molecule has 0 bridgehead atoms. The van der Waals surface area contributed by atoms with Crippen molar-refractivity contribution in [3.63, 3.8) is 0 Å². The van der Waals surface area contributed by atoms with Gasteiger partial charge in [0.25, 0.3) is 5.91 Å². The highest BCUT2D eigenvalue weighted by atomic mass is 32.1. The molecule has 0 aliphatic rings. The molecule has 0 fully saturated rings. The Kier molecular flexibility index (Phi) is 6.78. The number of ether oxygens (including phenoxy) is 1. The SMILES string of the molecule is CCCCOC(=O)c1c(NC(=O)c2cc(-c3cccc(C)c3)nc3ccccc23)sc2ccccc12. The molecule has 6 heteroatoms. The maximum absolute atomic E-state index is 13.7. The van der Waals surface area contributed by atoms with E-state index in [-0.39, 0.29) is 5.91 Å². The number of anilines is 1. The maximum atomic E-state index is 13.7. The molecular formula is C30H26N2O3S. The highest BCUT2D eigenvalue weighted by Crippen LogP contribution is 2.37. The number of hydrogen-bond donors (Lipinski definition) is 1. The van der Waals surface area contributed by atoms with E-state index < -0.39 is 5.97 Å². The van der Waals surface area contributed by atoms with Crippen LogP contribution < -0.4 is 5.32 Å². The fraction of sp³-hybridized carbons (Fsp3) is 0.167. The molecule has 0 saturated heterocycles. The first-order valence-electron chi connectivity index (χ1n) is 12.0. The zero-order valence-corrected chi connectivity index (χ0v) is 21.0. The number of aromatic nitrogens is 1. The molecule has 0 atom stereocenters. The smallest absolute Gasteiger partial charge is 0.341 e. The van der Waals surface area contributed by atoms with Crippen LogP contribution in [0.4, 0.5) is 5.00 Å². The molecule has 0 spiro atoms. The molecule has 5 nitrogen and oxygen atoms in total. The lowest BCUT2D eigenvalue weighted by molar-refractivity contribution is 0.0503. The molecule has 0 aliphatic carbocycles. The third-order valence-electron chi connectivity index (χ3n) is 6.03. The largest absolute Gasteiger partial charge is 0.462 e. The van der Waals surface area contributed by atoms with Crippen LogP contribution in [0.25, 0.3) is 32.2 Å². The van der Waals surface area contributed by atoms with E-state index in [1.165, 1.54) is 11.3 Å². The number of amides is 1. The van der Waals surface area contributed by atoms with E-state index in [1.807, 2.05) is 86.6 Å². The minimum absolute atomic E-state index is 0.295. The van der Waals surface area contributed by atoms with Crippen molar-refractivity contribution in [3.8, 4) is 11.3 Å². The number of hydrogen-bond acceptors (Lipinski definition) is 5. The average molecular weight is 495 g/mol. The van der Waals surface area contributed by atoms with Crippen LogP contribution in [-0.2, 0) is 4.74 Å². The number of rotatable bonds is 7. The van der Waals surface area contributed by atoms with Gasteiger partial charge in [-0.05, 0) is 37.6 Å². The first-order valence-corrected chi connectivity index (χ1v) is 12.8. The van der Waals surface area contributed by atoms with Crippen LogP contribution >= 0.6 is 11.3 Å². The lowest BCUT2D eigenvalue weighted by Gasteiger charge is -2.11. The Morgan fingerprint density at radius 2 is 1.72 bits per heavy atom. The zero-order valence-electron chi connectivity index (χ0n) is 20.2. The molecule has 180 valence electrons. The van der Waals surface area contributed by atoms with Gasteiger partial charge in [-0.2, -0.15) is 0 Å². The molecule has 5 aromatic rings. The van der Waals surface area contributed by atoms with Gasteiger partial charge in [-0.15, -0.1) is 11.3 Å². The molecule has 36 heavy (non-hydrogen) atoms. The van der Waals surface area contributed by atoms with E-state index in [0.29, 0.717) is 22.7 Å². The molecule has 2 aromatic heterocycles. The Labute approximate surface area is 213 Å². The van der Waals surface area contributed by atoms with Crippen LogP contribution in [0.2, 0.25) is 0 Å². The fourth-order valence-electron chi connectivity index (χ4n) is 4.20. The highest BCUT2D eigenvalue weighted by Gasteiger charge is 2.23. The van der Waals surface area contributed by atoms with Crippen molar-refractivity contribution in [2.75, 3.05) is 11.9 Å². The summed E-state index contributed by atoms with van der Waals surface area (Å²) in [7, 11) is 0. The van der Waals surface area contributed by atoms with Gasteiger partial charge in [0.15, 0.2) is 0 Å². The predicted octanol–water partition coefficient (Wildman–Crippen LogP) is 7.63. The second kappa shape index (κ2) is 10.3. The molecule has 1 amide bonds. The summed E-state index contributed by atoms with van der Waals surface area (Å²) in [6.45, 7) is 4.42. The summed E-state index contributed by atoms with van der Waals surface area (Å²) in [6, 6.07) is 25.1. The molecule has 5 rings (SSSR count). The number of para-hydroxylation sites is 1. The monoisotopic (exact) mass is 494 g/mol. The van der Waals surface area contributed by atoms with E-state index in [2.05, 4.69) is 11.4 Å². The van der Waals surface area contributed by atoms with E-state index in [9.17, 15) is 9.59 Å². The fourth-order valence-corrected chi connectivity index (χ4v) is 5.29. The second-order valence-electron chi connectivity index (χ2n) is 8.69. The van der Waals surface area contributed by atoms with Gasteiger partial charge in [0.1, 0.15) is 10.6 Å². The van der Waals surface area contributed by atoms with Crippen molar-refractivity contribution in [2.45, 2.75) is 26.7 Å². The number of pyridine rings is 1. The number of fused-ring (bicyclic) bond motifs is 2. The number of thiophene rings is 1. The van der Waals surface area contributed by atoms with Gasteiger partial charge in [0, 0.05) is 21.0 Å². The first kappa shape index (κ1) is 23.7. The number of carbonyl (C=O) groups excluding carboxylic acids is 2. The number of nitrogens with one attached hydrogen (secondary N) is 1. The first-order chi connectivity index (χ1) is 17.5. The third kappa shape index (κ3) is 4.72. The van der Waals surface area contributed by atoms with E-state index in [0.717, 1.165) is 50.7 Å². The molecule has 2 heterocycles. The third-order valence-corrected chi connectivity index (χ3v) is 7.12. The number of esters is 1. The van der Waals surface area contributed by atoms with Gasteiger partial charge < -0.3 is 10.1 Å². The molecular weight excluding hydrogens is 468 g/mol. The van der Waals surface area contributed by atoms with Crippen molar-refractivity contribution in [1.82, 2.24) is 4.98 Å².